The molecule has 1 aliphatic carbocycles. The topological polar surface area (TPSA) is 112 Å². The Morgan fingerprint density at radius 2 is 1.67 bits per heavy atom. The molecule has 0 aliphatic heterocycles. The van der Waals surface area contributed by atoms with Crippen LogP contribution in [0.1, 0.15) is 15.9 Å². The minimum absolute atomic E-state index is 0.0137. The van der Waals surface area contributed by atoms with Crippen LogP contribution in [0.2, 0.25) is 0 Å². The van der Waals surface area contributed by atoms with Gasteiger partial charge in [0, 0.05) is 28.8 Å². The molecule has 116 valence electrons. The molecule has 0 atom stereocenters. The Morgan fingerprint density at radius 3 is 2.42 bits per heavy atom. The molecular weight excluding hydrogens is 308 g/mol. The van der Waals surface area contributed by atoms with Gasteiger partial charge in [0.2, 0.25) is 5.95 Å². The number of aromatic nitrogens is 2. The lowest BCUT2D eigenvalue weighted by atomic mass is 10.0. The van der Waals surface area contributed by atoms with E-state index in [9.17, 15) is 14.9 Å². The Kier molecular flexibility index (Phi) is 2.89. The van der Waals surface area contributed by atoms with Crippen LogP contribution in [-0.4, -0.2) is 20.7 Å². The Balaban J connectivity index is 2.00. The predicted octanol–water partition coefficient (Wildman–Crippen LogP) is 2.85. The minimum atomic E-state index is -0.495. The number of carbonyl (C=O) groups is 1. The fourth-order valence-corrected chi connectivity index (χ4v) is 2.89. The van der Waals surface area contributed by atoms with Crippen LogP contribution in [0, 0.1) is 10.1 Å². The number of benzene rings is 2. The molecule has 7 nitrogen and oxygen atoms in total. The van der Waals surface area contributed by atoms with Gasteiger partial charge in [0.1, 0.15) is 0 Å². The van der Waals surface area contributed by atoms with E-state index < -0.39 is 4.92 Å². The number of nitrogen functional groups attached to an aromatic ring is 1. The lowest BCUT2D eigenvalue weighted by molar-refractivity contribution is -0.384. The summed E-state index contributed by atoms with van der Waals surface area (Å²) in [5.74, 6) is -0.193. The molecule has 0 saturated carbocycles. The van der Waals surface area contributed by atoms with Gasteiger partial charge in [0.15, 0.2) is 5.78 Å². The van der Waals surface area contributed by atoms with Gasteiger partial charge in [-0.1, -0.05) is 36.4 Å². The van der Waals surface area contributed by atoms with Crippen molar-refractivity contribution >= 4 is 17.4 Å². The number of fused-ring (bicyclic) bond motifs is 3. The van der Waals surface area contributed by atoms with Crippen LogP contribution in [0.4, 0.5) is 11.6 Å². The van der Waals surface area contributed by atoms with E-state index in [1.54, 1.807) is 30.3 Å². The van der Waals surface area contributed by atoms with Gasteiger partial charge < -0.3 is 5.73 Å². The van der Waals surface area contributed by atoms with Crippen molar-refractivity contribution < 1.29 is 9.72 Å². The van der Waals surface area contributed by atoms with E-state index in [0.717, 1.165) is 0 Å². The third-order valence-corrected chi connectivity index (χ3v) is 3.91. The lowest BCUT2D eigenvalue weighted by Gasteiger charge is -2.07. The summed E-state index contributed by atoms with van der Waals surface area (Å²) in [5.41, 5.74) is 8.49. The molecule has 0 fully saturated rings. The van der Waals surface area contributed by atoms with Crippen molar-refractivity contribution in [2.45, 2.75) is 0 Å². The van der Waals surface area contributed by atoms with E-state index in [0.29, 0.717) is 33.6 Å². The fourth-order valence-electron chi connectivity index (χ4n) is 2.89. The number of nitrogens with two attached hydrogens (primary N) is 1. The molecule has 1 heterocycles. The van der Waals surface area contributed by atoms with Gasteiger partial charge in [-0.15, -0.1) is 0 Å². The molecule has 4 rings (SSSR count). The smallest absolute Gasteiger partial charge is 0.270 e. The molecule has 2 aromatic carbocycles. The van der Waals surface area contributed by atoms with Crippen LogP contribution < -0.4 is 5.73 Å². The van der Waals surface area contributed by atoms with Crippen molar-refractivity contribution in [1.29, 1.82) is 0 Å². The molecule has 1 aromatic heterocycles. The molecule has 3 aromatic rings. The van der Waals surface area contributed by atoms with Crippen molar-refractivity contribution in [2.24, 2.45) is 0 Å². The third-order valence-electron chi connectivity index (χ3n) is 3.91. The van der Waals surface area contributed by atoms with E-state index in [2.05, 4.69) is 9.97 Å². The number of carbonyl (C=O) groups excluding carboxylic acids is 1. The summed E-state index contributed by atoms with van der Waals surface area (Å²) < 4.78 is 0. The van der Waals surface area contributed by atoms with Crippen LogP contribution in [0.25, 0.3) is 22.5 Å². The first-order valence-electron chi connectivity index (χ1n) is 7.12. The number of anilines is 1. The molecule has 24 heavy (non-hydrogen) atoms. The Labute approximate surface area is 135 Å². The molecule has 0 spiro atoms. The third kappa shape index (κ3) is 1.95. The van der Waals surface area contributed by atoms with Crippen molar-refractivity contribution in [2.75, 3.05) is 5.73 Å². The van der Waals surface area contributed by atoms with Gasteiger partial charge in [-0.25, -0.2) is 9.97 Å². The summed E-state index contributed by atoms with van der Waals surface area (Å²) in [6, 6.07) is 13.0. The normalized spacial score (nSPS) is 11.9. The molecule has 0 bridgehead atoms. The zero-order chi connectivity index (χ0) is 16.8. The summed E-state index contributed by atoms with van der Waals surface area (Å²) in [6.45, 7) is 0. The van der Waals surface area contributed by atoms with E-state index >= 15 is 0 Å². The predicted molar refractivity (Wildman–Crippen MR) is 87.4 cm³/mol. The molecule has 1 aliphatic rings. The van der Waals surface area contributed by atoms with E-state index in [1.807, 2.05) is 6.07 Å². The van der Waals surface area contributed by atoms with E-state index in [1.165, 1.54) is 12.1 Å². The maximum Gasteiger partial charge on any atom is 0.270 e. The molecule has 0 radical (unpaired) electrons. The summed E-state index contributed by atoms with van der Waals surface area (Å²) in [6.07, 6.45) is 0. The van der Waals surface area contributed by atoms with Crippen molar-refractivity contribution in [3.8, 4) is 22.5 Å². The molecule has 0 amide bonds. The summed E-state index contributed by atoms with van der Waals surface area (Å²) in [7, 11) is 0. The number of rotatable bonds is 2. The van der Waals surface area contributed by atoms with Gasteiger partial charge in [0.25, 0.3) is 5.69 Å². The summed E-state index contributed by atoms with van der Waals surface area (Å²) in [4.78, 5) is 31.6. The van der Waals surface area contributed by atoms with Gasteiger partial charge in [-0.05, 0) is 0 Å². The average molecular weight is 318 g/mol. The lowest BCUT2D eigenvalue weighted by Crippen LogP contribution is -2.05. The molecular formula is C17H10N4O3. The van der Waals surface area contributed by atoms with Gasteiger partial charge in [0.05, 0.1) is 21.9 Å². The number of non-ortho nitro benzene ring substituents is 1. The van der Waals surface area contributed by atoms with E-state index in [4.69, 9.17) is 5.73 Å². The maximum absolute atomic E-state index is 12.8. The Morgan fingerprint density at radius 1 is 0.958 bits per heavy atom. The SMILES string of the molecule is Nc1nc(-c2cccc([N+](=O)[O-])c2)c2c(n1)-c1ccccc1C2=O. The molecule has 0 saturated heterocycles. The van der Waals surface area contributed by atoms with E-state index in [-0.39, 0.29) is 17.4 Å². The zero-order valence-corrected chi connectivity index (χ0v) is 12.3. The number of hydrogen-bond donors (Lipinski definition) is 1. The highest BCUT2D eigenvalue weighted by atomic mass is 16.6. The second-order valence-corrected chi connectivity index (χ2v) is 5.34. The van der Waals surface area contributed by atoms with Crippen molar-refractivity contribution in [3.63, 3.8) is 0 Å². The van der Waals surface area contributed by atoms with Gasteiger partial charge in [-0.2, -0.15) is 0 Å². The minimum Gasteiger partial charge on any atom is -0.368 e. The highest BCUT2D eigenvalue weighted by molar-refractivity contribution is 6.23. The van der Waals surface area contributed by atoms with Crippen LogP contribution in [-0.2, 0) is 0 Å². The largest absolute Gasteiger partial charge is 0.368 e. The summed E-state index contributed by atoms with van der Waals surface area (Å²) >= 11 is 0. The molecule has 2 N–H and O–H groups in total. The average Bonchev–Trinajstić information content (AvgIpc) is 2.87. The van der Waals surface area contributed by atoms with Crippen LogP contribution >= 0.6 is 0 Å². The first-order chi connectivity index (χ1) is 11.6. The number of nitrogens with zero attached hydrogens (tertiary/aromatic N) is 3. The number of nitro benzene ring substituents is 1. The van der Waals surface area contributed by atoms with Crippen molar-refractivity contribution in [1.82, 2.24) is 9.97 Å². The molecule has 0 unspecified atom stereocenters. The second kappa shape index (κ2) is 4.95. The second-order valence-electron chi connectivity index (χ2n) is 5.34. The van der Waals surface area contributed by atoms with Crippen molar-refractivity contribution in [3.05, 3.63) is 69.8 Å². The fraction of sp³-hybridized carbons (Fsp3) is 0. The summed E-state index contributed by atoms with van der Waals surface area (Å²) in [5, 5.41) is 11.0. The first-order valence-corrected chi connectivity index (χ1v) is 7.12. The van der Waals surface area contributed by atoms with Gasteiger partial charge >= 0.3 is 0 Å². The van der Waals surface area contributed by atoms with Crippen LogP contribution in [0.15, 0.2) is 48.5 Å². The van der Waals surface area contributed by atoms with Crippen LogP contribution in [0.5, 0.6) is 0 Å². The number of hydrogen-bond acceptors (Lipinski definition) is 6. The highest BCUT2D eigenvalue weighted by Crippen LogP contribution is 2.40. The quantitative estimate of drug-likeness (QED) is 0.449. The standard InChI is InChI=1S/C17H10N4O3/c18-17-19-14(9-4-3-5-10(8-9)21(23)24)13-15(20-17)11-6-1-2-7-12(11)16(13)22/h1-8H,(H2,18,19,20). The molecule has 7 heteroatoms. The van der Waals surface area contributed by atoms with Gasteiger partial charge in [-0.3, -0.25) is 14.9 Å². The number of ketones is 1. The number of nitro groups is 1. The Hall–Kier alpha value is -3.61. The monoisotopic (exact) mass is 318 g/mol. The Bertz CT molecular complexity index is 1030. The zero-order valence-electron chi connectivity index (χ0n) is 12.3. The highest BCUT2D eigenvalue weighted by Gasteiger charge is 2.32. The maximum atomic E-state index is 12.8. The van der Waals surface area contributed by atoms with Crippen LogP contribution in [0.3, 0.4) is 0 Å². The first kappa shape index (κ1) is 14.0.